The molecule has 0 saturated carbocycles. The van der Waals surface area contributed by atoms with Crippen LogP contribution in [-0.4, -0.2) is 24.8 Å². The summed E-state index contributed by atoms with van der Waals surface area (Å²) in [6.07, 6.45) is 1.81. The molecule has 0 radical (unpaired) electrons. The highest BCUT2D eigenvalue weighted by Crippen LogP contribution is 2.19. The quantitative estimate of drug-likeness (QED) is 0.611. The molecule has 0 amide bonds. The van der Waals surface area contributed by atoms with Gasteiger partial charge in [0.1, 0.15) is 5.52 Å². The Morgan fingerprint density at radius 1 is 1.47 bits per heavy atom. The number of aryl methyl sites for hydroxylation is 1. The summed E-state index contributed by atoms with van der Waals surface area (Å²) in [5.74, 6) is 1.54. The maximum Gasteiger partial charge on any atom is 0.240 e. The summed E-state index contributed by atoms with van der Waals surface area (Å²) in [6, 6.07) is 5.67. The molecule has 3 aromatic heterocycles. The molecule has 3 rings (SSSR count). The van der Waals surface area contributed by atoms with Gasteiger partial charge in [-0.05, 0) is 19.1 Å². The largest absolute Gasteiger partial charge is 0.366 e. The molecule has 0 fully saturated rings. The number of nitrogens with zero attached hydrogens (tertiary/aromatic N) is 4. The molecule has 17 heavy (non-hydrogen) atoms. The minimum absolute atomic E-state index is 0.212. The second-order valence-corrected chi connectivity index (χ2v) is 3.72. The topological polar surface area (TPSA) is 96.9 Å². The summed E-state index contributed by atoms with van der Waals surface area (Å²) >= 11 is 0. The highest BCUT2D eigenvalue weighted by molar-refractivity contribution is 5.72. The highest BCUT2D eigenvalue weighted by atomic mass is 15.3. The molecule has 7 heteroatoms. The number of nitrogen functional groups attached to an aromatic ring is 1. The fourth-order valence-electron chi connectivity index (χ4n) is 1.65. The molecule has 86 valence electrons. The standard InChI is InChI=1S/C10H11N7/c1-6-5-8(15-14-6)12-9-7-3-2-4-17(7)16-10(11)13-9/h2-5H,1H3,(H4,11,12,13,14,15,16). The van der Waals surface area contributed by atoms with E-state index in [1.165, 1.54) is 0 Å². The number of aromatic nitrogens is 5. The minimum atomic E-state index is 0.212. The van der Waals surface area contributed by atoms with Gasteiger partial charge in [0, 0.05) is 18.0 Å². The van der Waals surface area contributed by atoms with Crippen LogP contribution < -0.4 is 11.1 Å². The van der Waals surface area contributed by atoms with Gasteiger partial charge < -0.3 is 11.1 Å². The van der Waals surface area contributed by atoms with Crippen molar-refractivity contribution in [2.45, 2.75) is 6.92 Å². The molecule has 0 atom stereocenters. The van der Waals surface area contributed by atoms with Gasteiger partial charge in [-0.25, -0.2) is 4.52 Å². The number of H-pyrrole nitrogens is 1. The van der Waals surface area contributed by atoms with Gasteiger partial charge in [-0.1, -0.05) is 0 Å². The first-order valence-corrected chi connectivity index (χ1v) is 5.12. The molecule has 0 unspecified atom stereocenters. The number of aromatic amines is 1. The Balaban J connectivity index is 2.07. The zero-order valence-corrected chi connectivity index (χ0v) is 9.18. The zero-order valence-electron chi connectivity index (χ0n) is 9.18. The van der Waals surface area contributed by atoms with Gasteiger partial charge in [0.2, 0.25) is 5.95 Å². The van der Waals surface area contributed by atoms with E-state index in [-0.39, 0.29) is 5.95 Å². The van der Waals surface area contributed by atoms with Crippen LogP contribution in [0.4, 0.5) is 17.6 Å². The molecule has 3 aromatic rings. The normalized spacial score (nSPS) is 10.9. The first kappa shape index (κ1) is 9.64. The van der Waals surface area contributed by atoms with Gasteiger partial charge in [0.25, 0.3) is 0 Å². The van der Waals surface area contributed by atoms with Crippen LogP contribution in [0.15, 0.2) is 24.4 Å². The van der Waals surface area contributed by atoms with Crippen molar-refractivity contribution < 1.29 is 0 Å². The summed E-state index contributed by atoms with van der Waals surface area (Å²) in [4.78, 5) is 4.16. The summed E-state index contributed by atoms with van der Waals surface area (Å²) in [7, 11) is 0. The molecule has 4 N–H and O–H groups in total. The predicted molar refractivity (Wildman–Crippen MR) is 64.0 cm³/mol. The SMILES string of the molecule is Cc1cc(Nc2nc(N)nn3cccc23)n[nH]1. The molecule has 0 saturated heterocycles. The Labute approximate surface area is 96.7 Å². The van der Waals surface area contributed by atoms with Crippen LogP contribution in [-0.2, 0) is 0 Å². The third-order valence-electron chi connectivity index (χ3n) is 2.36. The Bertz CT molecular complexity index is 666. The average molecular weight is 229 g/mol. The molecule has 0 aromatic carbocycles. The number of nitrogens with one attached hydrogen (secondary N) is 2. The molecule has 0 bridgehead atoms. The predicted octanol–water partition coefficient (Wildman–Crippen LogP) is 1.09. The molecule has 0 spiro atoms. The summed E-state index contributed by atoms with van der Waals surface area (Å²) in [6.45, 7) is 1.93. The summed E-state index contributed by atoms with van der Waals surface area (Å²) < 4.78 is 1.67. The van der Waals surface area contributed by atoms with Crippen molar-refractivity contribution >= 4 is 23.1 Å². The number of nitrogens with two attached hydrogens (primary N) is 1. The maximum absolute atomic E-state index is 5.63. The van der Waals surface area contributed by atoms with Crippen molar-refractivity contribution in [3.63, 3.8) is 0 Å². The van der Waals surface area contributed by atoms with Crippen LogP contribution in [0.1, 0.15) is 5.69 Å². The van der Waals surface area contributed by atoms with Crippen molar-refractivity contribution in [1.29, 1.82) is 0 Å². The van der Waals surface area contributed by atoms with E-state index < -0.39 is 0 Å². The van der Waals surface area contributed by atoms with Crippen molar-refractivity contribution in [2.75, 3.05) is 11.1 Å². The smallest absolute Gasteiger partial charge is 0.240 e. The van der Waals surface area contributed by atoms with E-state index in [2.05, 4.69) is 25.6 Å². The van der Waals surface area contributed by atoms with Crippen LogP contribution >= 0.6 is 0 Å². The average Bonchev–Trinajstić information content (AvgIpc) is 2.87. The lowest BCUT2D eigenvalue weighted by atomic mass is 10.4. The van der Waals surface area contributed by atoms with Crippen molar-refractivity contribution in [2.24, 2.45) is 0 Å². The Kier molecular flexibility index (Phi) is 1.97. The summed E-state index contributed by atoms with van der Waals surface area (Å²) in [5, 5.41) is 14.1. The van der Waals surface area contributed by atoms with E-state index in [1.807, 2.05) is 31.3 Å². The van der Waals surface area contributed by atoms with Gasteiger partial charge in [-0.3, -0.25) is 5.10 Å². The van der Waals surface area contributed by atoms with Crippen LogP contribution in [0.3, 0.4) is 0 Å². The molecule has 3 heterocycles. The Hall–Kier alpha value is -2.57. The number of hydrogen-bond acceptors (Lipinski definition) is 5. The van der Waals surface area contributed by atoms with Gasteiger partial charge in [-0.2, -0.15) is 10.1 Å². The van der Waals surface area contributed by atoms with Crippen molar-refractivity contribution in [1.82, 2.24) is 24.8 Å². The first-order valence-electron chi connectivity index (χ1n) is 5.12. The minimum Gasteiger partial charge on any atom is -0.366 e. The Morgan fingerprint density at radius 2 is 2.35 bits per heavy atom. The van der Waals surface area contributed by atoms with Gasteiger partial charge in [-0.15, -0.1) is 5.10 Å². The van der Waals surface area contributed by atoms with E-state index >= 15 is 0 Å². The fraction of sp³-hybridized carbons (Fsp3) is 0.100. The monoisotopic (exact) mass is 229 g/mol. The lowest BCUT2D eigenvalue weighted by Crippen LogP contribution is -2.05. The molecular weight excluding hydrogens is 218 g/mol. The van der Waals surface area contributed by atoms with Crippen LogP contribution in [0.2, 0.25) is 0 Å². The van der Waals surface area contributed by atoms with Crippen LogP contribution in [0, 0.1) is 6.92 Å². The number of rotatable bonds is 2. The second kappa shape index (κ2) is 3.48. The lowest BCUT2D eigenvalue weighted by molar-refractivity contribution is 0.919. The molecule has 7 nitrogen and oxygen atoms in total. The fourth-order valence-corrected chi connectivity index (χ4v) is 1.65. The molecular formula is C10H11N7. The third-order valence-corrected chi connectivity index (χ3v) is 2.36. The van der Waals surface area contributed by atoms with E-state index in [4.69, 9.17) is 5.73 Å². The third kappa shape index (κ3) is 1.67. The number of fused-ring (bicyclic) bond motifs is 1. The lowest BCUT2D eigenvalue weighted by Gasteiger charge is -2.05. The zero-order chi connectivity index (χ0) is 11.8. The van der Waals surface area contributed by atoms with Crippen molar-refractivity contribution in [3.8, 4) is 0 Å². The van der Waals surface area contributed by atoms with Gasteiger partial charge >= 0.3 is 0 Å². The van der Waals surface area contributed by atoms with Crippen molar-refractivity contribution in [3.05, 3.63) is 30.1 Å². The second-order valence-electron chi connectivity index (χ2n) is 3.72. The van der Waals surface area contributed by atoms with E-state index in [9.17, 15) is 0 Å². The summed E-state index contributed by atoms with van der Waals surface area (Å²) in [5.41, 5.74) is 7.45. The van der Waals surface area contributed by atoms with Gasteiger partial charge in [0.15, 0.2) is 11.6 Å². The highest BCUT2D eigenvalue weighted by Gasteiger charge is 2.07. The first-order chi connectivity index (χ1) is 8.22. The van der Waals surface area contributed by atoms with Gasteiger partial charge in [0.05, 0.1) is 0 Å². The molecule has 0 aliphatic carbocycles. The van der Waals surface area contributed by atoms with E-state index in [0.29, 0.717) is 11.6 Å². The maximum atomic E-state index is 5.63. The Morgan fingerprint density at radius 3 is 3.12 bits per heavy atom. The number of hydrogen-bond donors (Lipinski definition) is 3. The van der Waals surface area contributed by atoms with Crippen LogP contribution in [0.25, 0.3) is 5.52 Å². The number of anilines is 3. The molecule has 0 aliphatic heterocycles. The van der Waals surface area contributed by atoms with E-state index in [1.54, 1.807) is 4.52 Å². The van der Waals surface area contributed by atoms with E-state index in [0.717, 1.165) is 11.2 Å². The van der Waals surface area contributed by atoms with Crippen LogP contribution in [0.5, 0.6) is 0 Å². The molecule has 0 aliphatic rings.